The maximum absolute atomic E-state index is 5.37. The van der Waals surface area contributed by atoms with Gasteiger partial charge in [0, 0.05) is 12.6 Å². The number of hydrogen-bond acceptors (Lipinski definition) is 3. The zero-order valence-electron chi connectivity index (χ0n) is 6.17. The van der Waals surface area contributed by atoms with Gasteiger partial charge in [-0.2, -0.15) is 0 Å². The molecule has 2 fully saturated rings. The fraction of sp³-hybridized carbons (Fsp3) is 1.00. The molecule has 0 aliphatic carbocycles. The third-order valence-electron chi connectivity index (χ3n) is 2.23. The second-order valence-electron chi connectivity index (χ2n) is 3.07. The largest absolute Gasteiger partial charge is 0.349 e. The van der Waals surface area contributed by atoms with Crippen LogP contribution in [0.2, 0.25) is 0 Å². The van der Waals surface area contributed by atoms with Crippen molar-refractivity contribution in [3.63, 3.8) is 0 Å². The zero-order valence-corrected chi connectivity index (χ0v) is 6.17. The molecule has 1 N–H and O–H groups in total. The zero-order chi connectivity index (χ0) is 6.97. The molecule has 0 aromatic heterocycles. The van der Waals surface area contributed by atoms with Crippen LogP contribution in [0.25, 0.3) is 0 Å². The highest BCUT2D eigenvalue weighted by molar-refractivity contribution is 4.85. The van der Waals surface area contributed by atoms with Gasteiger partial charge in [-0.3, -0.25) is 0 Å². The molecule has 3 nitrogen and oxygen atoms in total. The first kappa shape index (κ1) is 6.58. The average molecular weight is 143 g/mol. The van der Waals surface area contributed by atoms with E-state index < -0.39 is 0 Å². The molecule has 3 atom stereocenters. The molecule has 58 valence electrons. The Balaban J connectivity index is 1.96. The summed E-state index contributed by atoms with van der Waals surface area (Å²) in [6.07, 6.45) is 1.76. The molecule has 3 unspecified atom stereocenters. The minimum atomic E-state index is 0.316. The Morgan fingerprint density at radius 1 is 1.30 bits per heavy atom. The molecule has 0 radical (unpaired) electrons. The van der Waals surface area contributed by atoms with Gasteiger partial charge in [0.1, 0.15) is 6.79 Å². The van der Waals surface area contributed by atoms with Gasteiger partial charge in [-0.1, -0.05) is 0 Å². The van der Waals surface area contributed by atoms with Crippen LogP contribution in [0, 0.1) is 0 Å². The number of ether oxygens (including phenoxy) is 2. The van der Waals surface area contributed by atoms with E-state index in [1.54, 1.807) is 0 Å². The summed E-state index contributed by atoms with van der Waals surface area (Å²) in [5.41, 5.74) is 0. The molecule has 0 spiro atoms. The smallest absolute Gasteiger partial charge is 0.147 e. The maximum atomic E-state index is 5.37. The van der Waals surface area contributed by atoms with Gasteiger partial charge in [-0.25, -0.2) is 0 Å². The average Bonchev–Trinajstić information content (AvgIpc) is 2.33. The quantitative estimate of drug-likeness (QED) is 0.522. The van der Waals surface area contributed by atoms with Crippen LogP contribution in [-0.2, 0) is 9.47 Å². The highest BCUT2D eigenvalue weighted by Gasteiger charge is 2.33. The van der Waals surface area contributed by atoms with Gasteiger partial charge in [0.2, 0.25) is 0 Å². The summed E-state index contributed by atoms with van der Waals surface area (Å²) in [7, 11) is 0. The van der Waals surface area contributed by atoms with Crippen LogP contribution in [0.15, 0.2) is 0 Å². The molecule has 2 aliphatic rings. The molecule has 2 aliphatic heterocycles. The van der Waals surface area contributed by atoms with Crippen molar-refractivity contribution in [2.45, 2.75) is 31.6 Å². The summed E-state index contributed by atoms with van der Waals surface area (Å²) in [6, 6.07) is 0.586. The summed E-state index contributed by atoms with van der Waals surface area (Å²) < 4.78 is 10.7. The van der Waals surface area contributed by atoms with Crippen LogP contribution in [-0.4, -0.2) is 31.6 Å². The van der Waals surface area contributed by atoms with Gasteiger partial charge >= 0.3 is 0 Å². The first-order valence-corrected chi connectivity index (χ1v) is 3.83. The van der Waals surface area contributed by atoms with Gasteiger partial charge in [0.05, 0.1) is 12.2 Å². The molecule has 0 bridgehead atoms. The van der Waals surface area contributed by atoms with Crippen LogP contribution < -0.4 is 5.32 Å². The SMILES string of the molecule is CC1CC2OCOC2CN1. The van der Waals surface area contributed by atoms with Crippen molar-refractivity contribution in [2.24, 2.45) is 0 Å². The summed E-state index contributed by atoms with van der Waals surface area (Å²) in [5.74, 6) is 0. The van der Waals surface area contributed by atoms with E-state index in [9.17, 15) is 0 Å². The van der Waals surface area contributed by atoms with E-state index >= 15 is 0 Å². The van der Waals surface area contributed by atoms with Crippen molar-refractivity contribution in [2.75, 3.05) is 13.3 Å². The van der Waals surface area contributed by atoms with Crippen molar-refractivity contribution in [3.05, 3.63) is 0 Å². The first-order valence-electron chi connectivity index (χ1n) is 3.83. The Bertz CT molecular complexity index is 129. The van der Waals surface area contributed by atoms with Crippen molar-refractivity contribution in [3.8, 4) is 0 Å². The number of nitrogens with one attached hydrogen (secondary N) is 1. The first-order chi connectivity index (χ1) is 4.86. The second kappa shape index (κ2) is 2.49. The fourth-order valence-corrected chi connectivity index (χ4v) is 1.59. The summed E-state index contributed by atoms with van der Waals surface area (Å²) in [4.78, 5) is 0. The van der Waals surface area contributed by atoms with E-state index in [0.29, 0.717) is 25.0 Å². The molecule has 0 aromatic rings. The third-order valence-corrected chi connectivity index (χ3v) is 2.23. The maximum Gasteiger partial charge on any atom is 0.147 e. The van der Waals surface area contributed by atoms with Gasteiger partial charge in [0.15, 0.2) is 0 Å². The lowest BCUT2D eigenvalue weighted by Gasteiger charge is -2.28. The Morgan fingerprint density at radius 3 is 3.00 bits per heavy atom. The molecule has 3 heteroatoms. The molecule has 2 rings (SSSR count). The molecule has 0 saturated carbocycles. The lowest BCUT2D eigenvalue weighted by atomic mass is 10.0. The molecule has 2 heterocycles. The van der Waals surface area contributed by atoms with Crippen LogP contribution in [0.1, 0.15) is 13.3 Å². The van der Waals surface area contributed by atoms with Gasteiger partial charge in [-0.15, -0.1) is 0 Å². The van der Waals surface area contributed by atoms with E-state index in [4.69, 9.17) is 9.47 Å². The number of piperidine rings is 1. The fourth-order valence-electron chi connectivity index (χ4n) is 1.59. The van der Waals surface area contributed by atoms with Gasteiger partial charge < -0.3 is 14.8 Å². The van der Waals surface area contributed by atoms with E-state index in [-0.39, 0.29) is 0 Å². The normalized spacial score (nSPS) is 47.1. The number of rotatable bonds is 0. The molecule has 0 aromatic carbocycles. The molecular formula is C7H13NO2. The number of hydrogen-bond donors (Lipinski definition) is 1. The van der Waals surface area contributed by atoms with E-state index in [2.05, 4.69) is 12.2 Å². The Kier molecular flexibility index (Phi) is 1.64. The van der Waals surface area contributed by atoms with Crippen LogP contribution in [0.5, 0.6) is 0 Å². The lowest BCUT2D eigenvalue weighted by molar-refractivity contribution is 0.0406. The Hall–Kier alpha value is -0.120. The van der Waals surface area contributed by atoms with E-state index in [0.717, 1.165) is 13.0 Å². The third kappa shape index (κ3) is 1.05. The van der Waals surface area contributed by atoms with E-state index in [1.165, 1.54) is 0 Å². The van der Waals surface area contributed by atoms with Crippen molar-refractivity contribution in [1.29, 1.82) is 0 Å². The van der Waals surface area contributed by atoms with Crippen LogP contribution >= 0.6 is 0 Å². The standard InChI is InChI=1S/C7H13NO2/c1-5-2-6-7(3-8-5)10-4-9-6/h5-8H,2-4H2,1H3. The lowest BCUT2D eigenvalue weighted by Crippen LogP contribution is -2.46. The number of fused-ring (bicyclic) bond motifs is 1. The summed E-state index contributed by atoms with van der Waals surface area (Å²) >= 11 is 0. The molecular weight excluding hydrogens is 130 g/mol. The minimum Gasteiger partial charge on any atom is -0.349 e. The molecule has 0 amide bonds. The summed E-state index contributed by atoms with van der Waals surface area (Å²) in [5, 5.41) is 3.35. The van der Waals surface area contributed by atoms with Gasteiger partial charge in [-0.05, 0) is 13.3 Å². The monoisotopic (exact) mass is 143 g/mol. The summed E-state index contributed by atoms with van der Waals surface area (Å²) in [6.45, 7) is 3.62. The molecule has 10 heavy (non-hydrogen) atoms. The second-order valence-corrected chi connectivity index (χ2v) is 3.07. The topological polar surface area (TPSA) is 30.5 Å². The predicted molar refractivity (Wildman–Crippen MR) is 36.7 cm³/mol. The Labute approximate surface area is 60.7 Å². The van der Waals surface area contributed by atoms with Crippen LogP contribution in [0.4, 0.5) is 0 Å². The van der Waals surface area contributed by atoms with Crippen molar-refractivity contribution in [1.82, 2.24) is 5.32 Å². The van der Waals surface area contributed by atoms with E-state index in [1.807, 2.05) is 0 Å². The van der Waals surface area contributed by atoms with Crippen molar-refractivity contribution < 1.29 is 9.47 Å². The van der Waals surface area contributed by atoms with Crippen LogP contribution in [0.3, 0.4) is 0 Å². The highest BCUT2D eigenvalue weighted by Crippen LogP contribution is 2.20. The minimum absolute atomic E-state index is 0.316. The highest BCUT2D eigenvalue weighted by atomic mass is 16.7. The predicted octanol–water partition coefficient (Wildman–Crippen LogP) is 0.110. The Morgan fingerprint density at radius 2 is 2.10 bits per heavy atom. The van der Waals surface area contributed by atoms with Gasteiger partial charge in [0.25, 0.3) is 0 Å². The van der Waals surface area contributed by atoms with Crippen molar-refractivity contribution >= 4 is 0 Å². The molecule has 2 saturated heterocycles.